The second kappa shape index (κ2) is 4.00. The van der Waals surface area contributed by atoms with Crippen LogP contribution in [0, 0.1) is 5.82 Å². The fourth-order valence-electron chi connectivity index (χ4n) is 1.05. The van der Waals surface area contributed by atoms with Crippen molar-refractivity contribution in [3.63, 3.8) is 0 Å². The molecule has 0 heterocycles. The summed E-state index contributed by atoms with van der Waals surface area (Å²) in [6.07, 6.45) is -1.24. The van der Waals surface area contributed by atoms with Gasteiger partial charge in [-0.3, -0.25) is 0 Å². The molecule has 1 atom stereocenters. The van der Waals surface area contributed by atoms with E-state index >= 15 is 0 Å². The van der Waals surface area contributed by atoms with E-state index in [0.29, 0.717) is 0 Å². The van der Waals surface area contributed by atoms with Crippen LogP contribution in [0.2, 0.25) is 0 Å². The fourth-order valence-corrected chi connectivity index (χ4v) is 1.05. The van der Waals surface area contributed by atoms with E-state index in [1.54, 1.807) is 6.07 Å². The second-order valence-corrected chi connectivity index (χ2v) is 2.48. The highest BCUT2D eigenvalue weighted by Gasteiger charge is 2.21. The summed E-state index contributed by atoms with van der Waals surface area (Å²) >= 11 is 0. The SMILES string of the molecule is COC(C(=O)O)c1ccccc1F. The Balaban J connectivity index is 3.04. The van der Waals surface area contributed by atoms with E-state index in [1.165, 1.54) is 25.3 Å². The number of rotatable bonds is 3. The van der Waals surface area contributed by atoms with E-state index < -0.39 is 17.9 Å². The molecule has 0 aromatic heterocycles. The van der Waals surface area contributed by atoms with E-state index in [9.17, 15) is 9.18 Å². The molecule has 1 unspecified atom stereocenters. The lowest BCUT2D eigenvalue weighted by atomic mass is 10.1. The van der Waals surface area contributed by atoms with Crippen molar-refractivity contribution in [3.05, 3.63) is 35.6 Å². The molecule has 0 saturated heterocycles. The largest absolute Gasteiger partial charge is 0.479 e. The maximum atomic E-state index is 13.0. The molecular formula is C9H9FO3. The van der Waals surface area contributed by atoms with Gasteiger partial charge in [-0.1, -0.05) is 18.2 Å². The van der Waals surface area contributed by atoms with Crippen LogP contribution in [0.15, 0.2) is 24.3 Å². The summed E-state index contributed by atoms with van der Waals surface area (Å²) in [4.78, 5) is 10.6. The van der Waals surface area contributed by atoms with Crippen LogP contribution < -0.4 is 0 Å². The van der Waals surface area contributed by atoms with Crippen LogP contribution in [0.1, 0.15) is 11.7 Å². The van der Waals surface area contributed by atoms with Gasteiger partial charge in [-0.25, -0.2) is 9.18 Å². The van der Waals surface area contributed by atoms with Crippen LogP contribution in [0.25, 0.3) is 0 Å². The molecule has 1 rings (SSSR count). The van der Waals surface area contributed by atoms with Gasteiger partial charge in [0, 0.05) is 12.7 Å². The number of benzene rings is 1. The lowest BCUT2D eigenvalue weighted by molar-refractivity contribution is -0.149. The van der Waals surface area contributed by atoms with Crippen molar-refractivity contribution in [2.24, 2.45) is 0 Å². The first-order valence-electron chi connectivity index (χ1n) is 3.67. The summed E-state index contributed by atoms with van der Waals surface area (Å²) in [5.74, 6) is -1.77. The molecule has 0 spiro atoms. The number of aliphatic carboxylic acids is 1. The molecule has 0 saturated carbocycles. The minimum absolute atomic E-state index is 0.0394. The fraction of sp³-hybridized carbons (Fsp3) is 0.222. The van der Waals surface area contributed by atoms with Gasteiger partial charge in [0.05, 0.1) is 0 Å². The van der Waals surface area contributed by atoms with Gasteiger partial charge in [0.2, 0.25) is 0 Å². The summed E-state index contributed by atoms with van der Waals surface area (Å²) in [7, 11) is 1.23. The number of hydrogen-bond donors (Lipinski definition) is 1. The van der Waals surface area contributed by atoms with Gasteiger partial charge in [0.1, 0.15) is 5.82 Å². The molecule has 1 aromatic rings. The van der Waals surface area contributed by atoms with E-state index in [-0.39, 0.29) is 5.56 Å². The van der Waals surface area contributed by atoms with Crippen molar-refractivity contribution in [1.82, 2.24) is 0 Å². The van der Waals surface area contributed by atoms with E-state index in [4.69, 9.17) is 5.11 Å². The average molecular weight is 184 g/mol. The number of methoxy groups -OCH3 is 1. The molecule has 0 bridgehead atoms. The average Bonchev–Trinajstić information content (AvgIpc) is 2.09. The van der Waals surface area contributed by atoms with Crippen molar-refractivity contribution < 1.29 is 19.0 Å². The van der Waals surface area contributed by atoms with Crippen molar-refractivity contribution in [1.29, 1.82) is 0 Å². The normalized spacial score (nSPS) is 12.5. The lowest BCUT2D eigenvalue weighted by Gasteiger charge is -2.10. The molecular weight excluding hydrogens is 175 g/mol. The first-order valence-corrected chi connectivity index (χ1v) is 3.67. The molecule has 70 valence electrons. The van der Waals surface area contributed by atoms with Crippen molar-refractivity contribution >= 4 is 5.97 Å². The Bertz CT molecular complexity index is 311. The van der Waals surface area contributed by atoms with Crippen LogP contribution in [-0.4, -0.2) is 18.2 Å². The molecule has 1 N–H and O–H groups in total. The topological polar surface area (TPSA) is 46.5 Å². The molecule has 13 heavy (non-hydrogen) atoms. The molecule has 0 aliphatic carbocycles. The van der Waals surface area contributed by atoms with Crippen LogP contribution >= 0.6 is 0 Å². The number of hydrogen-bond acceptors (Lipinski definition) is 2. The number of carboxylic acid groups (broad SMARTS) is 1. The Morgan fingerprint density at radius 3 is 2.62 bits per heavy atom. The highest BCUT2D eigenvalue weighted by molar-refractivity contribution is 5.74. The van der Waals surface area contributed by atoms with Crippen molar-refractivity contribution in [2.75, 3.05) is 7.11 Å². The summed E-state index contributed by atoms with van der Waals surface area (Å²) in [6, 6.07) is 5.64. The zero-order valence-corrected chi connectivity index (χ0v) is 7.03. The zero-order valence-electron chi connectivity index (χ0n) is 7.03. The number of halogens is 1. The Morgan fingerprint density at radius 2 is 2.15 bits per heavy atom. The Kier molecular flexibility index (Phi) is 2.97. The summed E-state index contributed by atoms with van der Waals surface area (Å²) in [5.41, 5.74) is 0.0394. The van der Waals surface area contributed by atoms with E-state index in [0.717, 1.165) is 0 Å². The Morgan fingerprint density at radius 1 is 1.54 bits per heavy atom. The van der Waals surface area contributed by atoms with Gasteiger partial charge < -0.3 is 9.84 Å². The minimum Gasteiger partial charge on any atom is -0.479 e. The van der Waals surface area contributed by atoms with E-state index in [1.807, 2.05) is 0 Å². The zero-order chi connectivity index (χ0) is 9.84. The second-order valence-electron chi connectivity index (χ2n) is 2.48. The monoisotopic (exact) mass is 184 g/mol. The first kappa shape index (κ1) is 9.67. The quantitative estimate of drug-likeness (QED) is 0.776. The maximum absolute atomic E-state index is 13.0. The molecule has 1 aromatic carbocycles. The van der Waals surface area contributed by atoms with Gasteiger partial charge in [0.15, 0.2) is 6.10 Å². The summed E-state index contributed by atoms with van der Waals surface area (Å²) in [5, 5.41) is 8.66. The number of carbonyl (C=O) groups is 1. The minimum atomic E-state index is -1.24. The standard InChI is InChI=1S/C9H9FO3/c1-13-8(9(11)12)6-4-2-3-5-7(6)10/h2-5,8H,1H3,(H,11,12). The maximum Gasteiger partial charge on any atom is 0.337 e. The van der Waals surface area contributed by atoms with Crippen molar-refractivity contribution in [2.45, 2.75) is 6.10 Å². The summed E-state index contributed by atoms with van der Waals surface area (Å²) in [6.45, 7) is 0. The van der Waals surface area contributed by atoms with Gasteiger partial charge in [-0.05, 0) is 6.07 Å². The van der Waals surface area contributed by atoms with Crippen LogP contribution in [0.4, 0.5) is 4.39 Å². The predicted molar refractivity (Wildman–Crippen MR) is 43.8 cm³/mol. The highest BCUT2D eigenvalue weighted by atomic mass is 19.1. The van der Waals surface area contributed by atoms with Crippen LogP contribution in [-0.2, 0) is 9.53 Å². The molecule has 0 aliphatic heterocycles. The number of carboxylic acids is 1. The van der Waals surface area contributed by atoms with E-state index in [2.05, 4.69) is 4.74 Å². The number of ether oxygens (including phenoxy) is 1. The van der Waals surface area contributed by atoms with Crippen molar-refractivity contribution in [3.8, 4) is 0 Å². The third-order valence-corrected chi connectivity index (χ3v) is 1.65. The first-order chi connectivity index (χ1) is 6.16. The predicted octanol–water partition coefficient (Wildman–Crippen LogP) is 1.60. The summed E-state index contributed by atoms with van der Waals surface area (Å²) < 4.78 is 17.7. The Hall–Kier alpha value is -1.42. The molecule has 0 amide bonds. The molecule has 0 fully saturated rings. The lowest BCUT2D eigenvalue weighted by Crippen LogP contribution is -2.14. The third kappa shape index (κ3) is 2.03. The van der Waals surface area contributed by atoms with Crippen LogP contribution in [0.5, 0.6) is 0 Å². The van der Waals surface area contributed by atoms with Gasteiger partial charge in [-0.2, -0.15) is 0 Å². The van der Waals surface area contributed by atoms with Gasteiger partial charge in [0.25, 0.3) is 0 Å². The van der Waals surface area contributed by atoms with Gasteiger partial charge in [-0.15, -0.1) is 0 Å². The highest BCUT2D eigenvalue weighted by Crippen LogP contribution is 2.19. The molecule has 4 heteroatoms. The van der Waals surface area contributed by atoms with Crippen LogP contribution in [0.3, 0.4) is 0 Å². The Labute approximate surface area is 74.8 Å². The third-order valence-electron chi connectivity index (χ3n) is 1.65. The molecule has 0 aliphatic rings. The molecule has 3 nitrogen and oxygen atoms in total. The molecule has 0 radical (unpaired) electrons. The smallest absolute Gasteiger partial charge is 0.337 e. The van der Waals surface area contributed by atoms with Gasteiger partial charge >= 0.3 is 5.97 Å².